The monoisotopic (exact) mass is 578 g/mol. The number of ether oxygens (including phenoxy) is 2. The van der Waals surface area contributed by atoms with Gasteiger partial charge in [-0.3, -0.25) is 9.59 Å². The maximum Gasteiger partial charge on any atom is 0.273 e. The van der Waals surface area contributed by atoms with E-state index in [1.54, 1.807) is 14.2 Å². The van der Waals surface area contributed by atoms with Crippen LogP contribution in [-0.2, 0) is 35.3 Å². The number of nitrogens with zero attached hydrogens (tertiary/aromatic N) is 6. The highest BCUT2D eigenvalue weighted by Crippen LogP contribution is 2.39. The Morgan fingerprint density at radius 1 is 0.700 bits per heavy atom. The second-order valence-electron chi connectivity index (χ2n) is 9.86. The highest BCUT2D eigenvalue weighted by molar-refractivity contribution is 7.11. The van der Waals surface area contributed by atoms with Gasteiger partial charge in [0.1, 0.15) is 11.6 Å². The van der Waals surface area contributed by atoms with Crippen molar-refractivity contribution < 1.29 is 19.1 Å². The van der Waals surface area contributed by atoms with E-state index in [9.17, 15) is 9.59 Å². The molecule has 40 heavy (non-hydrogen) atoms. The van der Waals surface area contributed by atoms with Crippen molar-refractivity contribution in [3.63, 3.8) is 0 Å². The summed E-state index contributed by atoms with van der Waals surface area (Å²) in [6.07, 6.45) is 5.01. The standard InChI is InChI=1S/C28H30N6O4S2/c1-37-27-29-21(15-39-27)13-23(35)11-19-6-8-25(33-31-19)17-4-3-5-18(10-17)26-9-7-20(32-34-26)12-24(36)14-22-16-40-28(30-22)38-2/h6-9,15-18H,3-5,10-14H2,1-2H3/t17-,18-/m0/s1. The van der Waals surface area contributed by atoms with Crippen molar-refractivity contribution in [1.82, 2.24) is 30.4 Å². The maximum atomic E-state index is 12.5. The van der Waals surface area contributed by atoms with Crippen molar-refractivity contribution in [3.05, 3.63) is 69.2 Å². The summed E-state index contributed by atoms with van der Waals surface area (Å²) < 4.78 is 10.2. The highest BCUT2D eigenvalue weighted by Gasteiger charge is 2.27. The Hall–Kier alpha value is -3.64. The quantitative estimate of drug-likeness (QED) is 0.239. The van der Waals surface area contributed by atoms with Crippen LogP contribution < -0.4 is 9.47 Å². The number of hydrogen-bond donors (Lipinski definition) is 0. The molecule has 0 aliphatic heterocycles. The summed E-state index contributed by atoms with van der Waals surface area (Å²) in [5, 5.41) is 22.4. The first-order valence-electron chi connectivity index (χ1n) is 13.1. The van der Waals surface area contributed by atoms with Gasteiger partial charge in [0, 0.05) is 22.6 Å². The summed E-state index contributed by atoms with van der Waals surface area (Å²) in [6, 6.07) is 7.79. The molecule has 2 atom stereocenters. The lowest BCUT2D eigenvalue weighted by Crippen LogP contribution is -2.17. The van der Waals surface area contributed by atoms with Crippen molar-refractivity contribution >= 4 is 34.2 Å². The fourth-order valence-corrected chi connectivity index (χ4v) is 6.23. The number of aromatic nitrogens is 6. The van der Waals surface area contributed by atoms with Crippen LogP contribution in [0, 0.1) is 0 Å². The predicted octanol–water partition coefficient (Wildman–Crippen LogP) is 4.35. The molecule has 12 heteroatoms. The zero-order valence-electron chi connectivity index (χ0n) is 22.4. The molecule has 1 aliphatic carbocycles. The van der Waals surface area contributed by atoms with Gasteiger partial charge in [-0.2, -0.15) is 20.4 Å². The lowest BCUT2D eigenvalue weighted by Gasteiger charge is -2.28. The third-order valence-corrected chi connectivity index (χ3v) is 8.61. The number of methoxy groups -OCH3 is 2. The van der Waals surface area contributed by atoms with E-state index in [1.807, 2.05) is 35.0 Å². The molecule has 0 N–H and O–H groups in total. The van der Waals surface area contributed by atoms with Crippen LogP contribution in [0.2, 0.25) is 0 Å². The van der Waals surface area contributed by atoms with Crippen molar-refractivity contribution in [2.24, 2.45) is 0 Å². The average Bonchev–Trinajstić information content (AvgIpc) is 3.63. The highest BCUT2D eigenvalue weighted by atomic mass is 32.1. The summed E-state index contributed by atoms with van der Waals surface area (Å²) in [7, 11) is 3.13. The molecule has 10 nitrogen and oxygen atoms in total. The van der Waals surface area contributed by atoms with Crippen LogP contribution in [0.5, 0.6) is 10.4 Å². The molecular formula is C28H30N6O4S2. The first-order valence-corrected chi connectivity index (χ1v) is 14.9. The van der Waals surface area contributed by atoms with E-state index in [0.717, 1.165) is 37.1 Å². The van der Waals surface area contributed by atoms with E-state index < -0.39 is 0 Å². The lowest BCUT2D eigenvalue weighted by atomic mass is 9.78. The summed E-state index contributed by atoms with van der Waals surface area (Å²) in [5.41, 5.74) is 4.63. The molecule has 1 fully saturated rings. The van der Waals surface area contributed by atoms with Gasteiger partial charge in [-0.15, -0.1) is 0 Å². The van der Waals surface area contributed by atoms with Crippen molar-refractivity contribution in [3.8, 4) is 10.4 Å². The van der Waals surface area contributed by atoms with E-state index in [4.69, 9.17) is 9.47 Å². The zero-order chi connectivity index (χ0) is 27.9. The summed E-state index contributed by atoms with van der Waals surface area (Å²) in [4.78, 5) is 33.4. The molecule has 1 saturated carbocycles. The molecule has 4 heterocycles. The van der Waals surface area contributed by atoms with Gasteiger partial charge in [0.05, 0.1) is 74.1 Å². The largest absolute Gasteiger partial charge is 0.473 e. The molecule has 5 rings (SSSR count). The molecule has 4 aromatic heterocycles. The SMILES string of the molecule is COc1nc(CC(=O)Cc2ccc([C@H]3CCC[C@H](c4ccc(CC(=O)Cc5csc(OC)n5)nn4)C3)nn2)cs1. The Bertz CT molecular complexity index is 1330. The molecule has 0 unspecified atom stereocenters. The van der Waals surface area contributed by atoms with Crippen LogP contribution in [0.25, 0.3) is 0 Å². The Labute approximate surface area is 240 Å². The summed E-state index contributed by atoms with van der Waals surface area (Å²) >= 11 is 2.76. The van der Waals surface area contributed by atoms with Crippen molar-refractivity contribution in [2.45, 2.75) is 63.2 Å². The van der Waals surface area contributed by atoms with Crippen LogP contribution in [0.15, 0.2) is 35.0 Å². The third kappa shape index (κ3) is 7.30. The van der Waals surface area contributed by atoms with Crippen LogP contribution in [-0.4, -0.2) is 56.1 Å². The number of carbonyl (C=O) groups excluding carboxylic acids is 2. The number of Topliss-reactive ketones (excluding diaryl/α,β-unsaturated/α-hetero) is 2. The molecule has 0 amide bonds. The normalized spacial score (nSPS) is 16.9. The second kappa shape index (κ2) is 13.1. The van der Waals surface area contributed by atoms with Gasteiger partial charge in [0.15, 0.2) is 0 Å². The Kier molecular flexibility index (Phi) is 9.17. The fraction of sp³-hybridized carbons (Fsp3) is 0.429. The fourth-order valence-electron chi connectivity index (χ4n) is 4.95. The van der Waals surface area contributed by atoms with Gasteiger partial charge in [0.25, 0.3) is 10.4 Å². The molecule has 0 radical (unpaired) electrons. The maximum absolute atomic E-state index is 12.5. The number of ketones is 2. The van der Waals surface area contributed by atoms with Crippen molar-refractivity contribution in [1.29, 1.82) is 0 Å². The van der Waals surface area contributed by atoms with E-state index in [0.29, 0.717) is 33.2 Å². The minimum atomic E-state index is 0.0415. The third-order valence-electron chi connectivity index (χ3n) is 6.92. The predicted molar refractivity (Wildman–Crippen MR) is 150 cm³/mol. The van der Waals surface area contributed by atoms with Gasteiger partial charge in [-0.25, -0.2) is 9.97 Å². The molecule has 0 saturated heterocycles. The smallest absolute Gasteiger partial charge is 0.273 e. The van der Waals surface area contributed by atoms with Gasteiger partial charge < -0.3 is 9.47 Å². The van der Waals surface area contributed by atoms with E-state index >= 15 is 0 Å². The van der Waals surface area contributed by atoms with E-state index in [2.05, 4.69) is 30.4 Å². The van der Waals surface area contributed by atoms with Crippen LogP contribution >= 0.6 is 22.7 Å². The average molecular weight is 579 g/mol. The Balaban J connectivity index is 1.13. The number of carbonyl (C=O) groups is 2. The van der Waals surface area contributed by atoms with Crippen LogP contribution in [0.3, 0.4) is 0 Å². The zero-order valence-corrected chi connectivity index (χ0v) is 24.0. The lowest BCUT2D eigenvalue weighted by molar-refractivity contribution is -0.118. The number of hydrogen-bond acceptors (Lipinski definition) is 12. The minimum absolute atomic E-state index is 0.0415. The Morgan fingerprint density at radius 2 is 1.15 bits per heavy atom. The molecule has 0 spiro atoms. The Morgan fingerprint density at radius 3 is 1.52 bits per heavy atom. The van der Waals surface area contributed by atoms with Gasteiger partial charge in [-0.1, -0.05) is 29.1 Å². The first-order chi connectivity index (χ1) is 19.5. The summed E-state index contributed by atoms with van der Waals surface area (Å²) in [6.45, 7) is 0. The topological polar surface area (TPSA) is 130 Å². The minimum Gasteiger partial charge on any atom is -0.473 e. The molecule has 0 bridgehead atoms. The number of thiazole rings is 2. The van der Waals surface area contributed by atoms with Gasteiger partial charge in [-0.05, 0) is 43.5 Å². The summed E-state index contributed by atoms with van der Waals surface area (Å²) in [5.74, 6) is 0.632. The molecule has 208 valence electrons. The molecule has 1 aliphatic rings. The number of rotatable bonds is 12. The van der Waals surface area contributed by atoms with E-state index in [-0.39, 0.29) is 49.1 Å². The molecule has 0 aromatic carbocycles. The van der Waals surface area contributed by atoms with Gasteiger partial charge in [0.2, 0.25) is 0 Å². The second-order valence-corrected chi connectivity index (χ2v) is 11.5. The molecule has 4 aromatic rings. The van der Waals surface area contributed by atoms with Crippen LogP contribution in [0.4, 0.5) is 0 Å². The first kappa shape index (κ1) is 27.9. The van der Waals surface area contributed by atoms with E-state index in [1.165, 1.54) is 22.7 Å². The van der Waals surface area contributed by atoms with Crippen molar-refractivity contribution in [2.75, 3.05) is 14.2 Å². The van der Waals surface area contributed by atoms with Gasteiger partial charge >= 0.3 is 0 Å². The molecular weight excluding hydrogens is 548 g/mol. The van der Waals surface area contributed by atoms with Crippen LogP contribution in [0.1, 0.15) is 71.7 Å².